The highest BCUT2D eigenvalue weighted by atomic mass is 16.5. The van der Waals surface area contributed by atoms with E-state index in [4.69, 9.17) is 15.2 Å². The van der Waals surface area contributed by atoms with Gasteiger partial charge in [0.15, 0.2) is 0 Å². The standard InChI is InChI=1S/C27H45NO4/c1-5-19-23-14-18(31-15-29)8-11-27(23,4)22-9-12-26(3)20(17(2)10-13-28)6-7-21(26)24(22)25(19)32-16-30/h15-25H,5-14,28H2,1-4H3/t17-,18-,19-,20?,21+,22+,23?,24+,25?,26?,27?/m1/s1. The molecule has 5 unspecified atom stereocenters. The Morgan fingerprint density at radius 2 is 1.66 bits per heavy atom. The Kier molecular flexibility index (Phi) is 6.96. The van der Waals surface area contributed by atoms with Crippen molar-refractivity contribution in [3.63, 3.8) is 0 Å². The second-order valence-electron chi connectivity index (χ2n) is 12.1. The summed E-state index contributed by atoms with van der Waals surface area (Å²) < 4.78 is 11.5. The lowest BCUT2D eigenvalue weighted by molar-refractivity contribution is -0.213. The first-order valence-corrected chi connectivity index (χ1v) is 13.2. The van der Waals surface area contributed by atoms with E-state index in [9.17, 15) is 9.59 Å². The minimum Gasteiger partial charge on any atom is -0.465 e. The fourth-order valence-corrected chi connectivity index (χ4v) is 9.80. The third-order valence-electron chi connectivity index (χ3n) is 11.2. The largest absolute Gasteiger partial charge is 0.465 e. The Hall–Kier alpha value is -1.10. The summed E-state index contributed by atoms with van der Waals surface area (Å²) in [6.45, 7) is 11.8. The van der Waals surface area contributed by atoms with E-state index in [1.54, 1.807) is 0 Å². The van der Waals surface area contributed by atoms with Gasteiger partial charge in [-0.1, -0.05) is 27.7 Å². The van der Waals surface area contributed by atoms with E-state index in [0.717, 1.165) is 44.6 Å². The molecule has 4 aliphatic rings. The maximum Gasteiger partial charge on any atom is 0.293 e. The van der Waals surface area contributed by atoms with Crippen molar-refractivity contribution in [2.45, 2.75) is 97.7 Å². The third kappa shape index (κ3) is 3.61. The Labute approximate surface area is 194 Å². The number of carbonyl (C=O) groups excluding carboxylic acids is 2. The molecule has 0 aromatic heterocycles. The quantitative estimate of drug-likeness (QED) is 0.532. The van der Waals surface area contributed by atoms with Gasteiger partial charge < -0.3 is 15.2 Å². The van der Waals surface area contributed by atoms with Gasteiger partial charge in [-0.15, -0.1) is 0 Å². The van der Waals surface area contributed by atoms with Crippen LogP contribution in [0, 0.1) is 52.3 Å². The monoisotopic (exact) mass is 447 g/mol. The molecule has 0 spiro atoms. The molecule has 0 saturated heterocycles. The summed E-state index contributed by atoms with van der Waals surface area (Å²) in [4.78, 5) is 22.8. The first-order chi connectivity index (χ1) is 15.4. The molecular weight excluding hydrogens is 402 g/mol. The van der Waals surface area contributed by atoms with Crippen molar-refractivity contribution in [2.24, 2.45) is 58.0 Å². The van der Waals surface area contributed by atoms with Crippen molar-refractivity contribution >= 4 is 12.9 Å². The Balaban J connectivity index is 1.69. The molecule has 0 radical (unpaired) electrons. The Bertz CT molecular complexity index is 685. The Morgan fingerprint density at radius 1 is 0.969 bits per heavy atom. The van der Waals surface area contributed by atoms with Crippen LogP contribution in [0.5, 0.6) is 0 Å². The smallest absolute Gasteiger partial charge is 0.293 e. The van der Waals surface area contributed by atoms with Crippen LogP contribution in [0.1, 0.15) is 85.5 Å². The molecule has 0 bridgehead atoms. The van der Waals surface area contributed by atoms with Gasteiger partial charge in [-0.3, -0.25) is 9.59 Å². The number of rotatable bonds is 8. The normalized spacial score (nSPS) is 48.7. The molecule has 4 saturated carbocycles. The maximum absolute atomic E-state index is 11.7. The van der Waals surface area contributed by atoms with Crippen molar-refractivity contribution in [1.82, 2.24) is 0 Å². The van der Waals surface area contributed by atoms with Crippen molar-refractivity contribution in [3.05, 3.63) is 0 Å². The maximum atomic E-state index is 11.7. The van der Waals surface area contributed by atoms with E-state index in [0.29, 0.717) is 53.9 Å². The van der Waals surface area contributed by atoms with E-state index >= 15 is 0 Å². The van der Waals surface area contributed by atoms with Gasteiger partial charge in [0.1, 0.15) is 12.2 Å². The highest BCUT2D eigenvalue weighted by Gasteiger charge is 2.65. The highest BCUT2D eigenvalue weighted by molar-refractivity contribution is 5.38. The minimum atomic E-state index is -0.0104. The molecule has 0 heterocycles. The molecular formula is C27H45NO4. The van der Waals surface area contributed by atoms with Crippen LogP contribution in [0.2, 0.25) is 0 Å². The van der Waals surface area contributed by atoms with E-state index in [2.05, 4.69) is 27.7 Å². The SMILES string of the molecule is CC[C@H]1C(OC=O)[C@@H]2[C@H](CCC3(C)C([C@H](C)CCN)CC[C@@H]23)C2(C)CC[C@@H](OC=O)CC12. The van der Waals surface area contributed by atoms with Gasteiger partial charge in [0, 0.05) is 5.92 Å². The lowest BCUT2D eigenvalue weighted by Crippen LogP contribution is -2.62. The molecule has 5 heteroatoms. The zero-order valence-electron chi connectivity index (χ0n) is 20.6. The topological polar surface area (TPSA) is 78.6 Å². The van der Waals surface area contributed by atoms with Crippen molar-refractivity contribution < 1.29 is 19.1 Å². The van der Waals surface area contributed by atoms with Crippen LogP contribution in [0.3, 0.4) is 0 Å². The van der Waals surface area contributed by atoms with Gasteiger partial charge in [-0.05, 0) is 111 Å². The molecule has 4 fully saturated rings. The van der Waals surface area contributed by atoms with Crippen LogP contribution < -0.4 is 5.73 Å². The van der Waals surface area contributed by atoms with Crippen molar-refractivity contribution in [1.29, 1.82) is 0 Å². The predicted octanol–water partition coefficient (Wildman–Crippen LogP) is 4.96. The molecule has 5 nitrogen and oxygen atoms in total. The van der Waals surface area contributed by atoms with E-state index in [1.165, 1.54) is 25.7 Å². The second kappa shape index (κ2) is 9.27. The number of hydrogen-bond donors (Lipinski definition) is 1. The fourth-order valence-electron chi connectivity index (χ4n) is 9.80. The third-order valence-corrected chi connectivity index (χ3v) is 11.2. The van der Waals surface area contributed by atoms with Crippen molar-refractivity contribution in [3.8, 4) is 0 Å². The molecule has 2 N–H and O–H groups in total. The first-order valence-electron chi connectivity index (χ1n) is 13.2. The van der Waals surface area contributed by atoms with Gasteiger partial charge in [-0.2, -0.15) is 0 Å². The van der Waals surface area contributed by atoms with Crippen LogP contribution in [0.4, 0.5) is 0 Å². The van der Waals surface area contributed by atoms with Crippen LogP contribution >= 0.6 is 0 Å². The molecule has 0 aromatic carbocycles. The van der Waals surface area contributed by atoms with Crippen LogP contribution in [0.15, 0.2) is 0 Å². The average molecular weight is 448 g/mol. The molecule has 4 rings (SSSR count). The number of ether oxygens (including phenoxy) is 2. The lowest BCUT2D eigenvalue weighted by Gasteiger charge is -2.65. The van der Waals surface area contributed by atoms with Crippen LogP contribution in [-0.2, 0) is 19.1 Å². The zero-order chi connectivity index (χ0) is 23.1. The minimum absolute atomic E-state index is 0.00915. The molecule has 11 atom stereocenters. The van der Waals surface area contributed by atoms with Gasteiger partial charge in [0.2, 0.25) is 0 Å². The van der Waals surface area contributed by atoms with Gasteiger partial charge in [-0.25, -0.2) is 0 Å². The second-order valence-corrected chi connectivity index (χ2v) is 12.1. The zero-order valence-corrected chi connectivity index (χ0v) is 20.6. The molecule has 0 aromatic rings. The summed E-state index contributed by atoms with van der Waals surface area (Å²) in [5.74, 6) is 3.80. The van der Waals surface area contributed by atoms with Crippen LogP contribution in [-0.4, -0.2) is 31.7 Å². The van der Waals surface area contributed by atoms with E-state index in [-0.39, 0.29) is 17.6 Å². The summed E-state index contributed by atoms with van der Waals surface area (Å²) in [6, 6.07) is 0. The van der Waals surface area contributed by atoms with E-state index < -0.39 is 0 Å². The summed E-state index contributed by atoms with van der Waals surface area (Å²) in [6.07, 6.45) is 10.1. The summed E-state index contributed by atoms with van der Waals surface area (Å²) in [5, 5.41) is 0. The molecule has 182 valence electrons. The molecule has 0 amide bonds. The summed E-state index contributed by atoms with van der Waals surface area (Å²) in [5.41, 5.74) is 6.50. The number of fused-ring (bicyclic) bond motifs is 5. The first kappa shape index (κ1) is 24.0. The van der Waals surface area contributed by atoms with Gasteiger partial charge >= 0.3 is 0 Å². The lowest BCUT2D eigenvalue weighted by atomic mass is 9.41. The Morgan fingerprint density at radius 3 is 2.31 bits per heavy atom. The highest BCUT2D eigenvalue weighted by Crippen LogP contribution is 2.70. The summed E-state index contributed by atoms with van der Waals surface area (Å²) >= 11 is 0. The van der Waals surface area contributed by atoms with Gasteiger partial charge in [0.25, 0.3) is 12.9 Å². The molecule has 0 aliphatic heterocycles. The van der Waals surface area contributed by atoms with Crippen molar-refractivity contribution in [2.75, 3.05) is 6.54 Å². The van der Waals surface area contributed by atoms with Gasteiger partial charge in [0.05, 0.1) is 0 Å². The number of hydrogen-bond acceptors (Lipinski definition) is 5. The fraction of sp³-hybridized carbons (Fsp3) is 0.926. The van der Waals surface area contributed by atoms with Crippen LogP contribution in [0.25, 0.3) is 0 Å². The number of carbonyl (C=O) groups is 2. The number of nitrogens with two attached hydrogens (primary N) is 1. The predicted molar refractivity (Wildman–Crippen MR) is 124 cm³/mol. The average Bonchev–Trinajstić information content (AvgIpc) is 3.12. The summed E-state index contributed by atoms with van der Waals surface area (Å²) in [7, 11) is 0. The molecule has 32 heavy (non-hydrogen) atoms. The van der Waals surface area contributed by atoms with E-state index in [1.807, 2.05) is 0 Å². The molecule has 4 aliphatic carbocycles.